The highest BCUT2D eigenvalue weighted by atomic mass is 16.5. The van der Waals surface area contributed by atoms with E-state index in [-0.39, 0.29) is 0 Å². The summed E-state index contributed by atoms with van der Waals surface area (Å²) in [6.45, 7) is 10.3. The fourth-order valence-corrected chi connectivity index (χ4v) is 3.63. The average molecular weight is 208 g/mol. The standard InChI is InChI=1S/C14H24O/c1-5-6-13-14-10(3)7-9(2)12(8-15-13)11(14)4/h7,9,11-14H,5-6,8H2,1-4H3/t9-,11-,12+,13-,14-/m1/s1. The maximum absolute atomic E-state index is 6.06. The summed E-state index contributed by atoms with van der Waals surface area (Å²) in [5.74, 6) is 2.97. The predicted molar refractivity (Wildman–Crippen MR) is 63.7 cm³/mol. The third kappa shape index (κ3) is 1.87. The molecule has 0 saturated carbocycles. The van der Waals surface area contributed by atoms with Crippen molar-refractivity contribution < 1.29 is 4.74 Å². The van der Waals surface area contributed by atoms with Gasteiger partial charge in [0.15, 0.2) is 0 Å². The van der Waals surface area contributed by atoms with Crippen molar-refractivity contribution in [2.24, 2.45) is 23.7 Å². The van der Waals surface area contributed by atoms with Crippen molar-refractivity contribution in [3.8, 4) is 0 Å². The Morgan fingerprint density at radius 2 is 2.13 bits per heavy atom. The molecule has 2 aliphatic rings. The molecular formula is C14H24O. The first-order valence-corrected chi connectivity index (χ1v) is 6.45. The van der Waals surface area contributed by atoms with Gasteiger partial charge in [-0.15, -0.1) is 0 Å². The van der Waals surface area contributed by atoms with Crippen LogP contribution in [0.25, 0.3) is 0 Å². The van der Waals surface area contributed by atoms with E-state index < -0.39 is 0 Å². The minimum absolute atomic E-state index is 0.491. The fraction of sp³-hybridized carbons (Fsp3) is 0.857. The molecule has 1 aliphatic carbocycles. The zero-order valence-electron chi connectivity index (χ0n) is 10.5. The minimum atomic E-state index is 0.491. The van der Waals surface area contributed by atoms with Crippen molar-refractivity contribution in [1.82, 2.24) is 0 Å². The van der Waals surface area contributed by atoms with Gasteiger partial charge in [0.1, 0.15) is 0 Å². The van der Waals surface area contributed by atoms with Crippen molar-refractivity contribution in [3.63, 3.8) is 0 Å². The van der Waals surface area contributed by atoms with Crippen molar-refractivity contribution in [1.29, 1.82) is 0 Å². The van der Waals surface area contributed by atoms with Crippen LogP contribution in [-0.2, 0) is 4.74 Å². The molecule has 5 atom stereocenters. The van der Waals surface area contributed by atoms with Gasteiger partial charge in [0.2, 0.25) is 0 Å². The van der Waals surface area contributed by atoms with Crippen LogP contribution in [0.4, 0.5) is 0 Å². The van der Waals surface area contributed by atoms with E-state index in [4.69, 9.17) is 4.74 Å². The van der Waals surface area contributed by atoms with Crippen molar-refractivity contribution in [3.05, 3.63) is 11.6 Å². The van der Waals surface area contributed by atoms with Crippen molar-refractivity contribution >= 4 is 0 Å². The van der Waals surface area contributed by atoms with Crippen LogP contribution < -0.4 is 0 Å². The molecule has 0 spiro atoms. The molecule has 0 amide bonds. The third-order valence-corrected chi connectivity index (χ3v) is 4.45. The monoisotopic (exact) mass is 208 g/mol. The zero-order valence-corrected chi connectivity index (χ0v) is 10.5. The highest BCUT2D eigenvalue weighted by Crippen LogP contribution is 2.45. The summed E-state index contributed by atoms with van der Waals surface area (Å²) in [6.07, 6.45) is 5.44. The van der Waals surface area contributed by atoms with E-state index in [1.54, 1.807) is 5.57 Å². The number of hydrogen-bond donors (Lipinski definition) is 0. The molecule has 86 valence electrons. The quantitative estimate of drug-likeness (QED) is 0.629. The Labute approximate surface area is 93.9 Å². The maximum Gasteiger partial charge on any atom is 0.0642 e. The van der Waals surface area contributed by atoms with Gasteiger partial charge in [-0.3, -0.25) is 0 Å². The summed E-state index contributed by atoms with van der Waals surface area (Å²) in [6, 6.07) is 0. The molecule has 0 unspecified atom stereocenters. The van der Waals surface area contributed by atoms with Gasteiger partial charge in [-0.2, -0.15) is 0 Å². The van der Waals surface area contributed by atoms with Crippen LogP contribution in [0.1, 0.15) is 40.5 Å². The van der Waals surface area contributed by atoms with Crippen LogP contribution in [0, 0.1) is 23.7 Å². The second kappa shape index (κ2) is 4.29. The number of fused-ring (bicyclic) bond motifs is 2. The van der Waals surface area contributed by atoms with Crippen LogP contribution in [0.5, 0.6) is 0 Å². The van der Waals surface area contributed by atoms with E-state index in [0.717, 1.165) is 18.4 Å². The topological polar surface area (TPSA) is 9.23 Å². The summed E-state index contributed by atoms with van der Waals surface area (Å²) in [4.78, 5) is 0. The lowest BCUT2D eigenvalue weighted by Crippen LogP contribution is -2.46. The van der Waals surface area contributed by atoms with Gasteiger partial charge in [0, 0.05) is 5.92 Å². The first-order valence-electron chi connectivity index (χ1n) is 6.45. The smallest absolute Gasteiger partial charge is 0.0642 e. The van der Waals surface area contributed by atoms with E-state index in [1.165, 1.54) is 12.8 Å². The Balaban J connectivity index is 2.22. The van der Waals surface area contributed by atoms with E-state index in [0.29, 0.717) is 17.9 Å². The molecule has 0 aromatic rings. The predicted octanol–water partition coefficient (Wildman–Crippen LogP) is 3.65. The molecule has 1 aliphatic heterocycles. The molecule has 0 radical (unpaired) electrons. The lowest BCUT2D eigenvalue weighted by molar-refractivity contribution is -0.0939. The van der Waals surface area contributed by atoms with Crippen LogP contribution in [0.2, 0.25) is 0 Å². The number of rotatable bonds is 2. The summed E-state index contributed by atoms with van der Waals surface area (Å²) in [5, 5.41) is 0. The first-order chi connectivity index (χ1) is 7.15. The third-order valence-electron chi connectivity index (χ3n) is 4.45. The average Bonchev–Trinajstić information content (AvgIpc) is 2.15. The second-order valence-electron chi connectivity index (χ2n) is 5.48. The van der Waals surface area contributed by atoms with Crippen LogP contribution in [-0.4, -0.2) is 12.7 Å². The number of allylic oxidation sites excluding steroid dienone is 1. The molecule has 2 rings (SSSR count). The molecule has 2 bridgehead atoms. The van der Waals surface area contributed by atoms with E-state index >= 15 is 0 Å². The largest absolute Gasteiger partial charge is 0.377 e. The molecule has 0 N–H and O–H groups in total. The minimum Gasteiger partial charge on any atom is -0.377 e. The summed E-state index contributed by atoms with van der Waals surface area (Å²) in [5.41, 5.74) is 1.57. The Bertz CT molecular complexity index is 256. The van der Waals surface area contributed by atoms with Crippen LogP contribution >= 0.6 is 0 Å². The van der Waals surface area contributed by atoms with Crippen molar-refractivity contribution in [2.45, 2.75) is 46.6 Å². The summed E-state index contributed by atoms with van der Waals surface area (Å²) >= 11 is 0. The van der Waals surface area contributed by atoms with Crippen molar-refractivity contribution in [2.75, 3.05) is 6.61 Å². The Morgan fingerprint density at radius 1 is 1.40 bits per heavy atom. The molecule has 1 heterocycles. The Hall–Kier alpha value is -0.300. The molecule has 15 heavy (non-hydrogen) atoms. The Kier molecular flexibility index (Phi) is 3.20. The molecular weight excluding hydrogens is 184 g/mol. The Morgan fingerprint density at radius 3 is 2.80 bits per heavy atom. The van der Waals surface area contributed by atoms with Crippen LogP contribution in [0.3, 0.4) is 0 Å². The highest BCUT2D eigenvalue weighted by molar-refractivity contribution is 5.16. The highest BCUT2D eigenvalue weighted by Gasteiger charge is 2.42. The first kappa shape index (κ1) is 11.2. The zero-order chi connectivity index (χ0) is 11.0. The molecule has 0 aromatic heterocycles. The number of ether oxygens (including phenoxy) is 1. The molecule has 1 fully saturated rings. The molecule has 1 heteroatoms. The van der Waals surface area contributed by atoms with Gasteiger partial charge < -0.3 is 4.74 Å². The maximum atomic E-state index is 6.06. The molecule has 1 nitrogen and oxygen atoms in total. The number of hydrogen-bond acceptors (Lipinski definition) is 1. The SMILES string of the molecule is CCC[C@H]1OC[C@@H]2[C@@H](C)[C@H]1C(C)=C[C@H]2C. The lowest BCUT2D eigenvalue weighted by atomic mass is 9.65. The second-order valence-corrected chi connectivity index (χ2v) is 5.48. The molecule has 1 saturated heterocycles. The van der Waals surface area contributed by atoms with Gasteiger partial charge in [0.05, 0.1) is 12.7 Å². The van der Waals surface area contributed by atoms with E-state index in [9.17, 15) is 0 Å². The lowest BCUT2D eigenvalue weighted by Gasteiger charge is -2.47. The van der Waals surface area contributed by atoms with Gasteiger partial charge in [-0.1, -0.05) is 38.8 Å². The fourth-order valence-electron chi connectivity index (χ4n) is 3.63. The van der Waals surface area contributed by atoms with E-state index in [2.05, 4.69) is 33.8 Å². The van der Waals surface area contributed by atoms with Gasteiger partial charge in [0.25, 0.3) is 0 Å². The van der Waals surface area contributed by atoms with Gasteiger partial charge >= 0.3 is 0 Å². The summed E-state index contributed by atoms with van der Waals surface area (Å²) < 4.78 is 6.06. The van der Waals surface area contributed by atoms with Crippen LogP contribution in [0.15, 0.2) is 11.6 Å². The van der Waals surface area contributed by atoms with E-state index in [1.807, 2.05) is 0 Å². The van der Waals surface area contributed by atoms with Gasteiger partial charge in [-0.05, 0) is 31.1 Å². The summed E-state index contributed by atoms with van der Waals surface area (Å²) in [7, 11) is 0. The normalized spacial score (nSPS) is 45.1. The molecule has 0 aromatic carbocycles. The van der Waals surface area contributed by atoms with Gasteiger partial charge in [-0.25, -0.2) is 0 Å².